The number of ether oxygens (including phenoxy) is 2. The van der Waals surface area contributed by atoms with E-state index in [1.165, 1.54) is 7.11 Å². The van der Waals surface area contributed by atoms with Gasteiger partial charge in [0.2, 0.25) is 0 Å². The Bertz CT molecular complexity index is 372. The summed E-state index contributed by atoms with van der Waals surface area (Å²) < 4.78 is 9.71. The Hall–Kier alpha value is -1.59. The Labute approximate surface area is 112 Å². The molecule has 1 saturated carbocycles. The van der Waals surface area contributed by atoms with Crippen molar-refractivity contribution < 1.29 is 23.9 Å². The van der Waals surface area contributed by atoms with Gasteiger partial charge in [0.1, 0.15) is 5.60 Å². The lowest BCUT2D eigenvalue weighted by Gasteiger charge is -2.27. The second kappa shape index (κ2) is 6.04. The van der Waals surface area contributed by atoms with Crippen LogP contribution in [0.1, 0.15) is 40.0 Å². The van der Waals surface area contributed by atoms with Crippen molar-refractivity contribution in [3.63, 3.8) is 0 Å². The Balaban J connectivity index is 2.48. The van der Waals surface area contributed by atoms with E-state index in [0.29, 0.717) is 12.8 Å². The van der Waals surface area contributed by atoms with Crippen molar-refractivity contribution in [3.8, 4) is 0 Å². The number of ketones is 1. The smallest absolute Gasteiger partial charge is 0.408 e. The van der Waals surface area contributed by atoms with Crippen LogP contribution in [-0.4, -0.2) is 36.6 Å². The van der Waals surface area contributed by atoms with Crippen molar-refractivity contribution in [1.82, 2.24) is 5.32 Å². The topological polar surface area (TPSA) is 81.7 Å². The first-order valence-electron chi connectivity index (χ1n) is 6.33. The average molecular weight is 271 g/mol. The number of methoxy groups -OCH3 is 1. The number of Topliss-reactive ketones (excluding diaryl/α,β-unsaturated/α-hetero) is 1. The Morgan fingerprint density at radius 3 is 2.37 bits per heavy atom. The van der Waals surface area contributed by atoms with Crippen molar-refractivity contribution in [2.45, 2.75) is 51.7 Å². The highest BCUT2D eigenvalue weighted by atomic mass is 16.6. The summed E-state index contributed by atoms with van der Waals surface area (Å²) in [7, 11) is 1.30. The van der Waals surface area contributed by atoms with E-state index in [2.05, 4.69) is 10.1 Å². The minimum atomic E-state index is -0.609. The molecule has 1 rings (SSSR count). The van der Waals surface area contributed by atoms with Crippen molar-refractivity contribution in [3.05, 3.63) is 0 Å². The highest BCUT2D eigenvalue weighted by molar-refractivity contribution is 5.91. The molecule has 0 saturated heterocycles. The molecule has 0 heterocycles. The molecule has 2 atom stereocenters. The molecule has 0 aromatic heterocycles. The largest absolute Gasteiger partial charge is 0.469 e. The Morgan fingerprint density at radius 2 is 1.89 bits per heavy atom. The van der Waals surface area contributed by atoms with Gasteiger partial charge in [0.15, 0.2) is 5.78 Å². The van der Waals surface area contributed by atoms with Crippen LogP contribution in [0, 0.1) is 5.92 Å². The molecule has 0 aromatic rings. The molecular weight excluding hydrogens is 250 g/mol. The van der Waals surface area contributed by atoms with Gasteiger partial charge in [-0.15, -0.1) is 0 Å². The molecule has 0 radical (unpaired) electrons. The second-order valence-corrected chi connectivity index (χ2v) is 5.67. The lowest BCUT2D eigenvalue weighted by Crippen LogP contribution is -2.46. The zero-order valence-electron chi connectivity index (χ0n) is 11.8. The highest BCUT2D eigenvalue weighted by Crippen LogP contribution is 2.23. The molecule has 1 N–H and O–H groups in total. The van der Waals surface area contributed by atoms with Gasteiger partial charge < -0.3 is 14.8 Å². The van der Waals surface area contributed by atoms with Crippen LogP contribution in [0.5, 0.6) is 0 Å². The van der Waals surface area contributed by atoms with E-state index < -0.39 is 23.7 Å². The first kappa shape index (κ1) is 15.5. The zero-order chi connectivity index (χ0) is 14.6. The molecule has 0 aliphatic heterocycles. The number of hydrogen-bond donors (Lipinski definition) is 1. The number of hydrogen-bond acceptors (Lipinski definition) is 5. The number of carbonyl (C=O) groups is 3. The van der Waals surface area contributed by atoms with E-state index in [1.807, 2.05) is 0 Å². The summed E-state index contributed by atoms with van der Waals surface area (Å²) in [5, 5.41) is 2.54. The van der Waals surface area contributed by atoms with E-state index >= 15 is 0 Å². The minimum absolute atomic E-state index is 0.104. The molecule has 0 aromatic carbocycles. The van der Waals surface area contributed by atoms with Crippen molar-refractivity contribution in [1.29, 1.82) is 0 Å². The number of rotatable bonds is 2. The van der Waals surface area contributed by atoms with Crippen molar-refractivity contribution in [2.75, 3.05) is 7.11 Å². The fraction of sp³-hybridized carbons (Fsp3) is 0.769. The Kier molecular flexibility index (Phi) is 4.91. The summed E-state index contributed by atoms with van der Waals surface area (Å²) in [5.41, 5.74) is -0.601. The van der Waals surface area contributed by atoms with Gasteiger partial charge in [-0.3, -0.25) is 9.59 Å². The number of nitrogens with one attached hydrogen (secondary N) is 1. The van der Waals surface area contributed by atoms with Crippen LogP contribution in [0.25, 0.3) is 0 Å². The van der Waals surface area contributed by atoms with Gasteiger partial charge in [0.05, 0.1) is 19.1 Å². The van der Waals surface area contributed by atoms with Crippen LogP contribution >= 0.6 is 0 Å². The van der Waals surface area contributed by atoms with E-state index in [4.69, 9.17) is 4.74 Å². The van der Waals surface area contributed by atoms with Crippen LogP contribution in [0.15, 0.2) is 0 Å². The summed E-state index contributed by atoms with van der Waals surface area (Å²) in [4.78, 5) is 34.8. The van der Waals surface area contributed by atoms with Crippen LogP contribution in [-0.2, 0) is 19.1 Å². The van der Waals surface area contributed by atoms with Crippen molar-refractivity contribution in [2.24, 2.45) is 5.92 Å². The third kappa shape index (κ3) is 4.89. The number of carbonyl (C=O) groups excluding carboxylic acids is 3. The molecule has 1 fully saturated rings. The lowest BCUT2D eigenvalue weighted by atomic mass is 9.85. The third-order valence-corrected chi connectivity index (χ3v) is 2.87. The fourth-order valence-electron chi connectivity index (χ4n) is 1.99. The molecule has 108 valence electrons. The first-order chi connectivity index (χ1) is 8.73. The standard InChI is InChI=1S/C13H21NO5/c1-13(2,3)19-12(17)14-9-6-5-8(7-10(9)15)11(16)18-4/h8-9H,5-7H2,1-4H3,(H,14,17)/t8-,9-/m1/s1. The first-order valence-corrected chi connectivity index (χ1v) is 6.33. The average Bonchev–Trinajstić information content (AvgIpc) is 2.28. The van der Waals surface area contributed by atoms with E-state index in [0.717, 1.165) is 0 Å². The minimum Gasteiger partial charge on any atom is -0.469 e. The van der Waals surface area contributed by atoms with Crippen LogP contribution in [0.3, 0.4) is 0 Å². The predicted molar refractivity (Wildman–Crippen MR) is 67.5 cm³/mol. The van der Waals surface area contributed by atoms with Crippen LogP contribution < -0.4 is 5.32 Å². The summed E-state index contributed by atoms with van der Waals surface area (Å²) in [6, 6.07) is -0.573. The quantitative estimate of drug-likeness (QED) is 0.768. The molecule has 19 heavy (non-hydrogen) atoms. The SMILES string of the molecule is COC(=O)[C@@H]1CC[C@@H](NC(=O)OC(C)(C)C)C(=O)C1. The van der Waals surface area contributed by atoms with Crippen LogP contribution in [0.4, 0.5) is 4.79 Å². The number of alkyl carbamates (subject to hydrolysis) is 1. The fourth-order valence-corrected chi connectivity index (χ4v) is 1.99. The predicted octanol–water partition coefficient (Wildman–Crippen LogP) is 1.42. The number of esters is 1. The zero-order valence-corrected chi connectivity index (χ0v) is 11.8. The van der Waals surface area contributed by atoms with E-state index in [-0.39, 0.29) is 18.2 Å². The van der Waals surface area contributed by atoms with Crippen LogP contribution in [0.2, 0.25) is 0 Å². The molecular formula is C13H21NO5. The maximum atomic E-state index is 11.8. The molecule has 6 heteroatoms. The van der Waals surface area contributed by atoms with E-state index in [1.54, 1.807) is 20.8 Å². The van der Waals surface area contributed by atoms with Gasteiger partial charge in [0.25, 0.3) is 0 Å². The summed E-state index contributed by atoms with van der Waals surface area (Å²) in [6.45, 7) is 5.26. The van der Waals surface area contributed by atoms with Crippen molar-refractivity contribution >= 4 is 17.8 Å². The van der Waals surface area contributed by atoms with E-state index in [9.17, 15) is 14.4 Å². The molecule has 0 spiro atoms. The monoisotopic (exact) mass is 271 g/mol. The summed E-state index contributed by atoms with van der Waals surface area (Å²) in [6.07, 6.45) is 0.450. The molecule has 1 amide bonds. The maximum absolute atomic E-state index is 11.8. The summed E-state index contributed by atoms with van der Waals surface area (Å²) >= 11 is 0. The molecule has 0 unspecified atom stereocenters. The molecule has 1 aliphatic carbocycles. The molecule has 1 aliphatic rings. The normalized spacial score (nSPS) is 23.7. The molecule has 0 bridgehead atoms. The Morgan fingerprint density at radius 1 is 1.26 bits per heavy atom. The maximum Gasteiger partial charge on any atom is 0.408 e. The summed E-state index contributed by atoms with van der Waals surface area (Å²) in [5.74, 6) is -0.925. The van der Waals surface area contributed by atoms with Gasteiger partial charge in [-0.2, -0.15) is 0 Å². The van der Waals surface area contributed by atoms with Gasteiger partial charge in [-0.05, 0) is 33.6 Å². The lowest BCUT2D eigenvalue weighted by molar-refractivity contribution is -0.149. The van der Waals surface area contributed by atoms with Gasteiger partial charge in [-0.1, -0.05) is 0 Å². The van der Waals surface area contributed by atoms with Gasteiger partial charge in [0, 0.05) is 6.42 Å². The molecule has 6 nitrogen and oxygen atoms in total. The highest BCUT2D eigenvalue weighted by Gasteiger charge is 2.34. The third-order valence-electron chi connectivity index (χ3n) is 2.87. The number of amides is 1. The second-order valence-electron chi connectivity index (χ2n) is 5.67. The van der Waals surface area contributed by atoms with Gasteiger partial charge >= 0.3 is 12.1 Å². The van der Waals surface area contributed by atoms with Gasteiger partial charge in [-0.25, -0.2) is 4.79 Å².